The van der Waals surface area contributed by atoms with Crippen LogP contribution in [0, 0.1) is 0 Å². The van der Waals surface area contributed by atoms with Crippen LogP contribution < -0.4 is 4.74 Å². The third-order valence-electron chi connectivity index (χ3n) is 3.41. The minimum atomic E-state index is -4.88. The molecule has 0 fully saturated rings. The molecule has 3 aromatic rings. The fourth-order valence-electron chi connectivity index (χ4n) is 2.27. The normalized spacial score (nSPS) is 11.7. The van der Waals surface area contributed by atoms with E-state index in [1.54, 1.807) is 12.1 Å². The van der Waals surface area contributed by atoms with Gasteiger partial charge < -0.3 is 4.74 Å². The number of alkyl halides is 3. The number of nitrogens with zero attached hydrogens (tertiary/aromatic N) is 2. The van der Waals surface area contributed by atoms with Crippen molar-refractivity contribution < 1.29 is 22.7 Å². The van der Waals surface area contributed by atoms with E-state index in [0.29, 0.717) is 5.69 Å². The van der Waals surface area contributed by atoms with E-state index in [2.05, 4.69) is 9.84 Å². The zero-order valence-electron chi connectivity index (χ0n) is 13.4. The van der Waals surface area contributed by atoms with E-state index in [-0.39, 0.29) is 5.56 Å². The van der Waals surface area contributed by atoms with Crippen molar-refractivity contribution in [3.63, 3.8) is 0 Å². The Kier molecular flexibility index (Phi) is 4.88. The van der Waals surface area contributed by atoms with Crippen molar-refractivity contribution in [2.24, 2.45) is 0 Å². The maximum atomic E-state index is 12.5. The first-order valence-electron chi connectivity index (χ1n) is 7.61. The molecule has 0 saturated carbocycles. The van der Waals surface area contributed by atoms with Gasteiger partial charge in [-0.25, -0.2) is 4.68 Å². The molecular weight excluding hydrogens is 345 g/mol. The van der Waals surface area contributed by atoms with Gasteiger partial charge in [0, 0.05) is 6.20 Å². The largest absolute Gasteiger partial charge is 0.573 e. The summed E-state index contributed by atoms with van der Waals surface area (Å²) >= 11 is 0. The SMILES string of the molecule is O=C(c1ccccc1OC(F)(F)F)n1ccc(/C=C/c2ccccc2)n1. The van der Waals surface area contributed by atoms with Crippen molar-refractivity contribution in [3.8, 4) is 5.75 Å². The van der Waals surface area contributed by atoms with Crippen molar-refractivity contribution in [3.05, 3.63) is 83.7 Å². The van der Waals surface area contributed by atoms with Crippen molar-refractivity contribution >= 4 is 18.1 Å². The first kappa shape index (κ1) is 17.5. The number of carbonyl (C=O) groups is 1. The van der Waals surface area contributed by atoms with Gasteiger partial charge in [-0.3, -0.25) is 4.79 Å². The van der Waals surface area contributed by atoms with Gasteiger partial charge in [0.2, 0.25) is 0 Å². The second kappa shape index (κ2) is 7.26. The molecule has 4 nitrogen and oxygen atoms in total. The van der Waals surface area contributed by atoms with Gasteiger partial charge in [-0.05, 0) is 29.8 Å². The Hall–Kier alpha value is -3.35. The molecule has 26 heavy (non-hydrogen) atoms. The molecule has 0 atom stereocenters. The molecule has 1 aromatic heterocycles. The maximum absolute atomic E-state index is 12.5. The van der Waals surface area contributed by atoms with Crippen molar-refractivity contribution in [2.75, 3.05) is 0 Å². The van der Waals surface area contributed by atoms with E-state index in [9.17, 15) is 18.0 Å². The van der Waals surface area contributed by atoms with Crippen LogP contribution in [0.2, 0.25) is 0 Å². The lowest BCUT2D eigenvalue weighted by atomic mass is 10.2. The Bertz CT molecular complexity index is 931. The Labute approximate surface area is 147 Å². The highest BCUT2D eigenvalue weighted by molar-refractivity contribution is 5.98. The molecule has 0 saturated heterocycles. The lowest BCUT2D eigenvalue weighted by Gasteiger charge is -2.12. The van der Waals surface area contributed by atoms with Gasteiger partial charge in [-0.1, -0.05) is 48.5 Å². The van der Waals surface area contributed by atoms with E-state index >= 15 is 0 Å². The Morgan fingerprint density at radius 1 is 0.962 bits per heavy atom. The van der Waals surface area contributed by atoms with Crippen LogP contribution in [0.15, 0.2) is 66.9 Å². The highest BCUT2D eigenvalue weighted by atomic mass is 19.4. The Balaban J connectivity index is 1.82. The molecule has 0 aliphatic heterocycles. The molecule has 3 rings (SSSR count). The van der Waals surface area contributed by atoms with Crippen molar-refractivity contribution in [2.45, 2.75) is 6.36 Å². The van der Waals surface area contributed by atoms with Gasteiger partial charge in [0.15, 0.2) is 0 Å². The molecule has 0 spiro atoms. The highest BCUT2D eigenvalue weighted by Gasteiger charge is 2.33. The van der Waals surface area contributed by atoms with Crippen LogP contribution >= 0.6 is 0 Å². The molecule has 0 N–H and O–H groups in total. The topological polar surface area (TPSA) is 44.1 Å². The molecule has 0 aliphatic carbocycles. The second-order valence-corrected chi connectivity index (χ2v) is 5.28. The number of halogens is 3. The van der Waals surface area contributed by atoms with Gasteiger partial charge >= 0.3 is 6.36 Å². The number of carbonyl (C=O) groups excluding carboxylic acids is 1. The molecule has 0 bridgehead atoms. The third kappa shape index (κ3) is 4.38. The van der Waals surface area contributed by atoms with Gasteiger partial charge in [0.05, 0.1) is 11.3 Å². The van der Waals surface area contributed by atoms with Crippen LogP contribution in [0.5, 0.6) is 5.75 Å². The van der Waals surface area contributed by atoms with E-state index in [4.69, 9.17) is 0 Å². The van der Waals surface area contributed by atoms with Gasteiger partial charge in [-0.2, -0.15) is 5.10 Å². The standard InChI is InChI=1S/C19H13F3N2O2/c20-19(21,22)26-17-9-5-4-8-16(17)18(25)24-13-12-15(23-24)11-10-14-6-2-1-3-7-14/h1-13H/b11-10+. The number of para-hydroxylation sites is 1. The summed E-state index contributed by atoms with van der Waals surface area (Å²) < 4.78 is 42.4. The minimum absolute atomic E-state index is 0.230. The predicted octanol–water partition coefficient (Wildman–Crippen LogP) is 4.64. The summed E-state index contributed by atoms with van der Waals surface area (Å²) in [6.07, 6.45) is 0.0243. The molecule has 0 unspecified atom stereocenters. The average Bonchev–Trinajstić information content (AvgIpc) is 3.08. The predicted molar refractivity (Wildman–Crippen MR) is 90.5 cm³/mol. The number of rotatable bonds is 4. The van der Waals surface area contributed by atoms with Crippen molar-refractivity contribution in [1.82, 2.24) is 9.78 Å². The Morgan fingerprint density at radius 2 is 1.65 bits per heavy atom. The molecule has 0 radical (unpaired) electrons. The summed E-state index contributed by atoms with van der Waals surface area (Å²) in [4.78, 5) is 12.5. The van der Waals surface area contributed by atoms with E-state index in [0.717, 1.165) is 16.3 Å². The summed E-state index contributed by atoms with van der Waals surface area (Å²) in [5, 5.41) is 4.08. The highest BCUT2D eigenvalue weighted by Crippen LogP contribution is 2.26. The lowest BCUT2D eigenvalue weighted by Crippen LogP contribution is -2.21. The first-order chi connectivity index (χ1) is 12.4. The Morgan fingerprint density at radius 3 is 2.38 bits per heavy atom. The fourth-order valence-corrected chi connectivity index (χ4v) is 2.27. The van der Waals surface area contributed by atoms with Crippen LogP contribution in [-0.4, -0.2) is 22.1 Å². The lowest BCUT2D eigenvalue weighted by molar-refractivity contribution is -0.274. The van der Waals surface area contributed by atoms with Crippen LogP contribution in [-0.2, 0) is 0 Å². The third-order valence-corrected chi connectivity index (χ3v) is 3.41. The van der Waals surface area contributed by atoms with E-state index < -0.39 is 18.0 Å². The molecule has 7 heteroatoms. The molecule has 132 valence electrons. The smallest absolute Gasteiger partial charge is 0.405 e. The maximum Gasteiger partial charge on any atom is 0.573 e. The quantitative estimate of drug-likeness (QED) is 0.682. The van der Waals surface area contributed by atoms with Crippen LogP contribution in [0.25, 0.3) is 12.2 Å². The van der Waals surface area contributed by atoms with E-state index in [1.807, 2.05) is 36.4 Å². The molecular formula is C19H13F3N2O2. The summed E-state index contributed by atoms with van der Waals surface area (Å²) in [7, 11) is 0. The summed E-state index contributed by atoms with van der Waals surface area (Å²) in [5.74, 6) is -1.29. The van der Waals surface area contributed by atoms with Crippen LogP contribution in [0.4, 0.5) is 13.2 Å². The number of ether oxygens (including phenoxy) is 1. The average molecular weight is 358 g/mol. The van der Waals surface area contributed by atoms with Gasteiger partial charge in [0.1, 0.15) is 5.75 Å². The fraction of sp³-hybridized carbons (Fsp3) is 0.0526. The minimum Gasteiger partial charge on any atom is -0.405 e. The monoisotopic (exact) mass is 358 g/mol. The van der Waals surface area contributed by atoms with E-state index in [1.165, 1.54) is 24.4 Å². The molecule has 1 heterocycles. The molecule has 0 aliphatic rings. The van der Waals surface area contributed by atoms with Gasteiger partial charge in [0.25, 0.3) is 5.91 Å². The van der Waals surface area contributed by atoms with Crippen molar-refractivity contribution in [1.29, 1.82) is 0 Å². The number of aromatic nitrogens is 2. The van der Waals surface area contributed by atoms with Gasteiger partial charge in [-0.15, -0.1) is 13.2 Å². The number of hydrogen-bond donors (Lipinski definition) is 0. The van der Waals surface area contributed by atoms with Crippen LogP contribution in [0.3, 0.4) is 0 Å². The second-order valence-electron chi connectivity index (χ2n) is 5.28. The zero-order chi connectivity index (χ0) is 18.6. The first-order valence-corrected chi connectivity index (χ1v) is 7.61. The summed E-state index contributed by atoms with van der Waals surface area (Å²) in [6, 6.07) is 16.2. The zero-order valence-corrected chi connectivity index (χ0v) is 13.4. The number of hydrogen-bond acceptors (Lipinski definition) is 3. The van der Waals surface area contributed by atoms with Crippen LogP contribution in [0.1, 0.15) is 21.6 Å². The molecule has 2 aromatic carbocycles. The number of benzene rings is 2. The summed E-state index contributed by atoms with van der Waals surface area (Å²) in [6.45, 7) is 0. The summed E-state index contributed by atoms with van der Waals surface area (Å²) in [5.41, 5.74) is 1.22. The molecule has 0 amide bonds.